The first-order valence-electron chi connectivity index (χ1n) is 8.77. The van der Waals surface area contributed by atoms with Crippen molar-refractivity contribution < 1.29 is 52.6 Å². The molecule has 7 nitrogen and oxygen atoms in total. The van der Waals surface area contributed by atoms with Gasteiger partial charge in [0.15, 0.2) is 0 Å². The van der Waals surface area contributed by atoms with Crippen LogP contribution in [0.3, 0.4) is 0 Å². The molecule has 0 unspecified atom stereocenters. The molecule has 0 amide bonds. The van der Waals surface area contributed by atoms with Crippen LogP contribution in [0.5, 0.6) is 5.75 Å². The van der Waals surface area contributed by atoms with Crippen molar-refractivity contribution in [1.82, 2.24) is 4.57 Å². The van der Waals surface area contributed by atoms with Crippen LogP contribution in [-0.2, 0) is 27.8 Å². The van der Waals surface area contributed by atoms with Gasteiger partial charge in [-0.1, -0.05) is 18.2 Å². The number of carbonyl (C=O) groups is 1. The van der Waals surface area contributed by atoms with E-state index in [1.165, 1.54) is 12.1 Å². The van der Waals surface area contributed by atoms with Gasteiger partial charge in [0.1, 0.15) is 15.8 Å². The van der Waals surface area contributed by atoms with Crippen LogP contribution < -0.4 is 34.3 Å². The number of ether oxygens (including phenoxy) is 1. The van der Waals surface area contributed by atoms with Gasteiger partial charge in [-0.2, -0.15) is 0 Å². The second-order valence-corrected chi connectivity index (χ2v) is 7.95. The number of rotatable bonds is 9. The molecule has 148 valence electrons. The third-order valence-electron chi connectivity index (χ3n) is 4.42. The first-order chi connectivity index (χ1) is 13.4. The summed E-state index contributed by atoms with van der Waals surface area (Å²) in [5.41, 5.74) is 1.77. The summed E-state index contributed by atoms with van der Waals surface area (Å²) in [5.74, 6) is -0.195. The van der Waals surface area contributed by atoms with Crippen LogP contribution >= 0.6 is 0 Å². The molecule has 0 atom stereocenters. The molecular weight excluding hydrogens is 403 g/mol. The second-order valence-electron chi connectivity index (χ2n) is 6.27. The Morgan fingerprint density at radius 3 is 2.55 bits per heavy atom. The zero-order valence-corrected chi connectivity index (χ0v) is 19.2. The molecule has 2 aromatic carbocycles. The summed E-state index contributed by atoms with van der Waals surface area (Å²) in [5, 5.41) is 9.86. The molecule has 0 aliphatic carbocycles. The van der Waals surface area contributed by atoms with Gasteiger partial charge in [-0.05, 0) is 42.3 Å². The van der Waals surface area contributed by atoms with E-state index in [-0.39, 0.29) is 47.4 Å². The Morgan fingerprint density at radius 2 is 1.90 bits per heavy atom. The number of sulfonamides is 1. The summed E-state index contributed by atoms with van der Waals surface area (Å²) < 4.78 is 35.7. The van der Waals surface area contributed by atoms with Gasteiger partial charge in [0.2, 0.25) is 0 Å². The Morgan fingerprint density at radius 1 is 1.17 bits per heavy atom. The molecule has 0 fully saturated rings. The molecule has 29 heavy (non-hydrogen) atoms. The number of hydrogen-bond donors (Lipinski definition) is 1. The molecular formula is C20H21N2NaO5S. The SMILES string of the molecule is COc1ccc2c(c1)c(CC[N-]S(=O)(=O)c1ccccc1)cn2CCC(=O)O.[Na+]. The predicted molar refractivity (Wildman–Crippen MR) is 106 cm³/mol. The van der Waals surface area contributed by atoms with Crippen molar-refractivity contribution in [3.05, 3.63) is 65.0 Å². The third-order valence-corrected chi connectivity index (χ3v) is 5.81. The molecule has 0 saturated carbocycles. The Kier molecular flexibility index (Phi) is 8.30. The van der Waals surface area contributed by atoms with Gasteiger partial charge in [-0.3, -0.25) is 4.79 Å². The fourth-order valence-electron chi connectivity index (χ4n) is 3.03. The maximum absolute atomic E-state index is 12.3. The number of carboxylic acid groups (broad SMARTS) is 1. The van der Waals surface area contributed by atoms with E-state index in [9.17, 15) is 13.2 Å². The monoisotopic (exact) mass is 424 g/mol. The minimum Gasteiger partial charge on any atom is -0.544 e. The molecule has 0 saturated heterocycles. The number of benzene rings is 2. The molecule has 0 aliphatic rings. The number of fused-ring (bicyclic) bond motifs is 1. The van der Waals surface area contributed by atoms with E-state index in [1.807, 2.05) is 29.0 Å². The van der Waals surface area contributed by atoms with Crippen LogP contribution in [0.4, 0.5) is 0 Å². The Labute approximate surface area is 192 Å². The third kappa shape index (κ3) is 5.83. The van der Waals surface area contributed by atoms with Crippen molar-refractivity contribution in [1.29, 1.82) is 0 Å². The van der Waals surface area contributed by atoms with E-state index in [0.29, 0.717) is 18.7 Å². The fraction of sp³-hybridized carbons (Fsp3) is 0.250. The van der Waals surface area contributed by atoms with Crippen molar-refractivity contribution in [3.8, 4) is 5.75 Å². The van der Waals surface area contributed by atoms with Crippen LogP contribution in [0, 0.1) is 0 Å². The summed E-state index contributed by atoms with van der Waals surface area (Å²) in [7, 11) is -2.12. The molecule has 1 N–H and O–H groups in total. The zero-order chi connectivity index (χ0) is 20.1. The summed E-state index contributed by atoms with van der Waals surface area (Å²) >= 11 is 0. The average Bonchev–Trinajstić information content (AvgIpc) is 3.04. The maximum atomic E-state index is 12.3. The molecule has 0 aliphatic heterocycles. The standard InChI is InChI=1S/C20H21N2O5S.Na/c1-27-16-7-8-19-18(13-16)15(14-22(19)12-10-20(23)24)9-11-21-28(25,26)17-5-3-2-4-6-17;/h2-8,13-14H,9-12H2,1H3,(H,23,24);/q-1;+1. The van der Waals surface area contributed by atoms with Gasteiger partial charge < -0.3 is 19.1 Å². The number of aromatic nitrogens is 1. The molecule has 1 heterocycles. The largest absolute Gasteiger partial charge is 1.00 e. The minimum atomic E-state index is -3.70. The van der Waals surface area contributed by atoms with Crippen molar-refractivity contribution in [2.45, 2.75) is 24.3 Å². The van der Waals surface area contributed by atoms with Crippen LogP contribution in [0.2, 0.25) is 0 Å². The number of methoxy groups -OCH3 is 1. The zero-order valence-electron chi connectivity index (χ0n) is 16.4. The van der Waals surface area contributed by atoms with Crippen molar-refractivity contribution in [2.24, 2.45) is 0 Å². The summed E-state index contributed by atoms with van der Waals surface area (Å²) in [6.07, 6.45) is 2.27. The van der Waals surface area contributed by atoms with Crippen LogP contribution in [0.25, 0.3) is 15.6 Å². The van der Waals surface area contributed by atoms with Gasteiger partial charge in [-0.15, -0.1) is 6.54 Å². The van der Waals surface area contributed by atoms with Gasteiger partial charge in [0.05, 0.1) is 13.5 Å². The fourth-order valence-corrected chi connectivity index (χ4v) is 4.01. The number of hydrogen-bond acceptors (Lipinski definition) is 4. The Bertz CT molecular complexity index is 1080. The number of aryl methyl sites for hydroxylation is 1. The first kappa shape index (κ1) is 23.4. The average molecular weight is 424 g/mol. The molecule has 0 radical (unpaired) electrons. The molecule has 9 heteroatoms. The summed E-state index contributed by atoms with van der Waals surface area (Å²) in [6.45, 7) is 0.435. The summed E-state index contributed by atoms with van der Waals surface area (Å²) in [6, 6.07) is 13.6. The van der Waals surface area contributed by atoms with Gasteiger partial charge >= 0.3 is 35.5 Å². The van der Waals surface area contributed by atoms with Crippen LogP contribution in [-0.4, -0.2) is 37.7 Å². The van der Waals surface area contributed by atoms with E-state index in [0.717, 1.165) is 16.5 Å². The van der Waals surface area contributed by atoms with Crippen LogP contribution in [0.15, 0.2) is 59.6 Å². The maximum Gasteiger partial charge on any atom is 1.00 e. The quantitative estimate of drug-likeness (QED) is 0.503. The van der Waals surface area contributed by atoms with Gasteiger partial charge in [0, 0.05) is 28.5 Å². The smallest absolute Gasteiger partial charge is 0.544 e. The second kappa shape index (κ2) is 10.3. The van der Waals surface area contributed by atoms with E-state index in [4.69, 9.17) is 9.84 Å². The molecule has 3 rings (SSSR count). The predicted octanol–water partition coefficient (Wildman–Crippen LogP) is 0.434. The Balaban J connectivity index is 0.00000300. The van der Waals surface area contributed by atoms with Gasteiger partial charge in [-0.25, -0.2) is 8.42 Å². The van der Waals surface area contributed by atoms with Crippen molar-refractivity contribution in [3.63, 3.8) is 0 Å². The van der Waals surface area contributed by atoms with Crippen molar-refractivity contribution >= 4 is 26.9 Å². The minimum absolute atomic E-state index is 0. The Hall–Kier alpha value is -1.84. The number of carboxylic acids is 1. The molecule has 1 aromatic heterocycles. The number of nitrogens with zero attached hydrogens (tertiary/aromatic N) is 2. The molecule has 0 spiro atoms. The van der Waals surface area contributed by atoms with Gasteiger partial charge in [0.25, 0.3) is 0 Å². The normalized spacial score (nSPS) is 11.2. The van der Waals surface area contributed by atoms with E-state index in [2.05, 4.69) is 4.72 Å². The topological polar surface area (TPSA) is 99.7 Å². The molecule has 0 bridgehead atoms. The summed E-state index contributed by atoms with van der Waals surface area (Å²) in [4.78, 5) is 11.1. The number of aliphatic carboxylic acids is 1. The van der Waals surface area contributed by atoms with E-state index in [1.54, 1.807) is 25.3 Å². The van der Waals surface area contributed by atoms with Crippen LogP contribution in [0.1, 0.15) is 12.0 Å². The first-order valence-corrected chi connectivity index (χ1v) is 10.2. The van der Waals surface area contributed by atoms with Crippen molar-refractivity contribution in [2.75, 3.05) is 13.7 Å². The van der Waals surface area contributed by atoms with E-state index >= 15 is 0 Å². The van der Waals surface area contributed by atoms with E-state index < -0.39 is 16.0 Å². The molecule has 3 aromatic rings.